The number of ether oxygens (including phenoxy) is 1. The molecule has 1 N–H and O–H groups in total. The molecule has 0 unspecified atom stereocenters. The number of benzene rings is 1. The van der Waals surface area contributed by atoms with Crippen molar-refractivity contribution in [1.82, 2.24) is 5.32 Å². The Morgan fingerprint density at radius 2 is 2.14 bits per heavy atom. The number of nitrogens with one attached hydrogen (secondary N) is 1. The lowest BCUT2D eigenvalue weighted by atomic mass is 10.1. The van der Waals surface area contributed by atoms with Gasteiger partial charge in [0.15, 0.2) is 0 Å². The quantitative estimate of drug-likeness (QED) is 0.792. The molecule has 0 bridgehead atoms. The van der Waals surface area contributed by atoms with Crippen LogP contribution in [0, 0.1) is 0 Å². The summed E-state index contributed by atoms with van der Waals surface area (Å²) in [5.41, 5.74) is 1.74. The number of carbonyl (C=O) groups is 1. The molecule has 0 aromatic heterocycles. The zero-order valence-electron chi connectivity index (χ0n) is 8.76. The summed E-state index contributed by atoms with van der Waals surface area (Å²) < 4.78 is 5.11. The van der Waals surface area contributed by atoms with Crippen molar-refractivity contribution in [2.75, 3.05) is 14.2 Å². The van der Waals surface area contributed by atoms with Crippen molar-refractivity contribution >= 4 is 5.91 Å². The molecule has 3 heteroatoms. The fraction of sp³-hybridized carbons (Fsp3) is 0.364. The van der Waals surface area contributed by atoms with Crippen molar-refractivity contribution in [3.8, 4) is 5.75 Å². The number of rotatable bonds is 3. The molecule has 76 valence electrons. The van der Waals surface area contributed by atoms with Crippen molar-refractivity contribution in [3.05, 3.63) is 29.3 Å². The van der Waals surface area contributed by atoms with E-state index in [0.29, 0.717) is 5.56 Å². The molecule has 1 aromatic carbocycles. The lowest BCUT2D eigenvalue weighted by Gasteiger charge is -2.06. The number of carbonyl (C=O) groups excluding carboxylic acids is 1. The van der Waals surface area contributed by atoms with Crippen LogP contribution < -0.4 is 10.1 Å². The molecule has 0 spiro atoms. The Labute approximate surface area is 84.1 Å². The van der Waals surface area contributed by atoms with Gasteiger partial charge in [0.05, 0.1) is 7.11 Å². The summed E-state index contributed by atoms with van der Waals surface area (Å²) in [4.78, 5) is 11.4. The van der Waals surface area contributed by atoms with Crippen molar-refractivity contribution in [1.29, 1.82) is 0 Å². The highest BCUT2D eigenvalue weighted by molar-refractivity contribution is 5.94. The molecule has 0 aliphatic carbocycles. The highest BCUT2D eigenvalue weighted by Crippen LogP contribution is 2.17. The Morgan fingerprint density at radius 1 is 1.43 bits per heavy atom. The summed E-state index contributed by atoms with van der Waals surface area (Å²) in [6, 6.07) is 5.55. The standard InChI is InChI=1S/C11H15NO2/c1-4-8-5-9(11(13)12-2)7-10(6-8)14-3/h5-7H,4H2,1-3H3,(H,12,13). The maximum atomic E-state index is 11.4. The monoisotopic (exact) mass is 193 g/mol. The predicted octanol–water partition coefficient (Wildman–Crippen LogP) is 1.62. The summed E-state index contributed by atoms with van der Waals surface area (Å²) in [6.45, 7) is 2.04. The van der Waals surface area contributed by atoms with E-state index in [0.717, 1.165) is 17.7 Å². The average molecular weight is 193 g/mol. The molecule has 0 atom stereocenters. The predicted molar refractivity (Wildman–Crippen MR) is 55.8 cm³/mol. The molecule has 3 nitrogen and oxygen atoms in total. The first-order valence-corrected chi connectivity index (χ1v) is 4.61. The van der Waals surface area contributed by atoms with Gasteiger partial charge in [-0.15, -0.1) is 0 Å². The molecule has 0 radical (unpaired) electrons. The van der Waals surface area contributed by atoms with Crippen LogP contribution in [0.15, 0.2) is 18.2 Å². The van der Waals surface area contributed by atoms with E-state index in [1.165, 1.54) is 0 Å². The van der Waals surface area contributed by atoms with Crippen LogP contribution in [0.1, 0.15) is 22.8 Å². The molecule has 0 aliphatic rings. The van der Waals surface area contributed by atoms with Gasteiger partial charge < -0.3 is 10.1 Å². The Balaban J connectivity index is 3.10. The number of aryl methyl sites for hydroxylation is 1. The van der Waals surface area contributed by atoms with Crippen LogP contribution in [0.3, 0.4) is 0 Å². The van der Waals surface area contributed by atoms with Crippen LogP contribution in [0.2, 0.25) is 0 Å². The van der Waals surface area contributed by atoms with Crippen molar-refractivity contribution in [2.45, 2.75) is 13.3 Å². The highest BCUT2D eigenvalue weighted by atomic mass is 16.5. The van der Waals surface area contributed by atoms with Crippen LogP contribution in [-0.2, 0) is 6.42 Å². The minimum absolute atomic E-state index is 0.0846. The first-order chi connectivity index (χ1) is 6.71. The van der Waals surface area contributed by atoms with E-state index >= 15 is 0 Å². The van der Waals surface area contributed by atoms with Gasteiger partial charge in [-0.3, -0.25) is 4.79 Å². The van der Waals surface area contributed by atoms with Gasteiger partial charge >= 0.3 is 0 Å². The maximum Gasteiger partial charge on any atom is 0.251 e. The van der Waals surface area contributed by atoms with Crippen LogP contribution in [-0.4, -0.2) is 20.1 Å². The smallest absolute Gasteiger partial charge is 0.251 e. The second-order valence-corrected chi connectivity index (χ2v) is 3.00. The van der Waals surface area contributed by atoms with E-state index < -0.39 is 0 Å². The molecular formula is C11H15NO2. The van der Waals surface area contributed by atoms with Crippen molar-refractivity contribution in [3.63, 3.8) is 0 Å². The largest absolute Gasteiger partial charge is 0.497 e. The second kappa shape index (κ2) is 4.65. The normalized spacial score (nSPS) is 9.64. The fourth-order valence-corrected chi connectivity index (χ4v) is 1.26. The van der Waals surface area contributed by atoms with Crippen molar-refractivity contribution in [2.24, 2.45) is 0 Å². The minimum atomic E-state index is -0.0846. The molecule has 14 heavy (non-hydrogen) atoms. The molecule has 0 saturated carbocycles. The fourth-order valence-electron chi connectivity index (χ4n) is 1.26. The molecule has 0 saturated heterocycles. The molecule has 1 amide bonds. The van der Waals surface area contributed by atoms with E-state index in [1.807, 2.05) is 19.1 Å². The number of amides is 1. The number of methoxy groups -OCH3 is 1. The first-order valence-electron chi connectivity index (χ1n) is 4.61. The van der Waals surface area contributed by atoms with Gasteiger partial charge in [-0.2, -0.15) is 0 Å². The van der Waals surface area contributed by atoms with Crippen LogP contribution in [0.25, 0.3) is 0 Å². The van der Waals surface area contributed by atoms with Gasteiger partial charge in [0.2, 0.25) is 0 Å². The first kappa shape index (κ1) is 10.6. The average Bonchev–Trinajstić information content (AvgIpc) is 2.27. The topological polar surface area (TPSA) is 38.3 Å². The number of hydrogen-bond donors (Lipinski definition) is 1. The Kier molecular flexibility index (Phi) is 3.51. The molecule has 0 fully saturated rings. The Bertz CT molecular complexity index is 312. The van der Waals surface area contributed by atoms with Crippen LogP contribution >= 0.6 is 0 Å². The maximum absolute atomic E-state index is 11.4. The minimum Gasteiger partial charge on any atom is -0.497 e. The van der Waals surface area contributed by atoms with Crippen LogP contribution in [0.5, 0.6) is 5.75 Å². The summed E-state index contributed by atoms with van der Waals surface area (Å²) in [6.07, 6.45) is 0.890. The van der Waals surface area contributed by atoms with E-state index in [-0.39, 0.29) is 5.91 Å². The third kappa shape index (κ3) is 2.25. The van der Waals surface area contributed by atoms with Crippen molar-refractivity contribution < 1.29 is 9.53 Å². The van der Waals surface area contributed by atoms with E-state index in [9.17, 15) is 4.79 Å². The Morgan fingerprint density at radius 3 is 2.64 bits per heavy atom. The lowest BCUT2D eigenvalue weighted by Crippen LogP contribution is -2.17. The van der Waals surface area contributed by atoms with E-state index in [2.05, 4.69) is 5.32 Å². The summed E-state index contributed by atoms with van der Waals surface area (Å²) >= 11 is 0. The van der Waals surface area contributed by atoms with Gasteiger partial charge in [-0.1, -0.05) is 6.92 Å². The second-order valence-electron chi connectivity index (χ2n) is 3.00. The van der Waals surface area contributed by atoms with Gasteiger partial charge in [0, 0.05) is 12.6 Å². The van der Waals surface area contributed by atoms with Gasteiger partial charge in [-0.05, 0) is 30.2 Å². The van der Waals surface area contributed by atoms with Crippen LogP contribution in [0.4, 0.5) is 0 Å². The molecule has 0 heterocycles. The van der Waals surface area contributed by atoms with Gasteiger partial charge in [0.25, 0.3) is 5.91 Å². The summed E-state index contributed by atoms with van der Waals surface area (Å²) in [5.74, 6) is 0.640. The molecular weight excluding hydrogens is 178 g/mol. The van der Waals surface area contributed by atoms with E-state index in [1.54, 1.807) is 20.2 Å². The zero-order chi connectivity index (χ0) is 10.6. The zero-order valence-corrected chi connectivity index (χ0v) is 8.76. The Hall–Kier alpha value is -1.51. The summed E-state index contributed by atoms with van der Waals surface area (Å²) in [5, 5.41) is 2.59. The van der Waals surface area contributed by atoms with Gasteiger partial charge in [-0.25, -0.2) is 0 Å². The molecule has 0 aliphatic heterocycles. The van der Waals surface area contributed by atoms with E-state index in [4.69, 9.17) is 4.74 Å². The van der Waals surface area contributed by atoms with Gasteiger partial charge in [0.1, 0.15) is 5.75 Å². The lowest BCUT2D eigenvalue weighted by molar-refractivity contribution is 0.0962. The number of hydrogen-bond acceptors (Lipinski definition) is 2. The molecule has 1 rings (SSSR count). The third-order valence-electron chi connectivity index (χ3n) is 2.10. The molecule has 1 aromatic rings. The third-order valence-corrected chi connectivity index (χ3v) is 2.10. The SMILES string of the molecule is CCc1cc(OC)cc(C(=O)NC)c1. The highest BCUT2D eigenvalue weighted by Gasteiger charge is 2.06. The summed E-state index contributed by atoms with van der Waals surface area (Å²) in [7, 11) is 3.22.